The van der Waals surface area contributed by atoms with Crippen molar-refractivity contribution in [2.45, 2.75) is 11.8 Å². The zero-order chi connectivity index (χ0) is 14.7. The van der Waals surface area contributed by atoms with E-state index in [1.54, 1.807) is 24.3 Å². The van der Waals surface area contributed by atoms with E-state index in [-0.39, 0.29) is 11.1 Å². The molecule has 2 aromatic rings. The van der Waals surface area contributed by atoms with E-state index in [9.17, 15) is 10.1 Å². The fourth-order valence-corrected chi connectivity index (χ4v) is 2.62. The van der Waals surface area contributed by atoms with E-state index in [0.717, 1.165) is 10.0 Å². The number of hydrogen-bond donors (Lipinski definition) is 0. The van der Waals surface area contributed by atoms with Crippen molar-refractivity contribution >= 4 is 44.8 Å². The summed E-state index contributed by atoms with van der Waals surface area (Å²) in [6.07, 6.45) is 0.372. The first-order chi connectivity index (χ1) is 9.49. The van der Waals surface area contributed by atoms with Gasteiger partial charge in [0.25, 0.3) is 5.69 Å². The van der Waals surface area contributed by atoms with Gasteiger partial charge in [0.1, 0.15) is 0 Å². The minimum Gasteiger partial charge on any atom is -0.258 e. The Kier molecular flexibility index (Phi) is 5.02. The summed E-state index contributed by atoms with van der Waals surface area (Å²) in [7, 11) is 0. The van der Waals surface area contributed by atoms with Crippen LogP contribution in [0.4, 0.5) is 5.69 Å². The second-order valence-corrected chi connectivity index (χ2v) is 6.02. The van der Waals surface area contributed by atoms with Gasteiger partial charge in [-0.05, 0) is 40.0 Å². The molecule has 0 saturated carbocycles. The molecule has 0 radical (unpaired) electrons. The van der Waals surface area contributed by atoms with Crippen LogP contribution in [0.2, 0.25) is 5.02 Å². The third-order valence-electron chi connectivity index (χ3n) is 2.89. The number of para-hydroxylation sites is 1. The van der Waals surface area contributed by atoms with Gasteiger partial charge >= 0.3 is 0 Å². The lowest BCUT2D eigenvalue weighted by molar-refractivity contribution is -0.385. The molecule has 2 rings (SSSR count). The molecular formula is C14H10BrCl2NO2. The zero-order valence-corrected chi connectivity index (χ0v) is 13.3. The summed E-state index contributed by atoms with van der Waals surface area (Å²) in [5, 5.41) is 11.2. The molecule has 0 aromatic heterocycles. The van der Waals surface area contributed by atoms with Crippen LogP contribution in [-0.2, 0) is 6.42 Å². The van der Waals surface area contributed by atoms with Gasteiger partial charge in [0.2, 0.25) is 0 Å². The monoisotopic (exact) mass is 373 g/mol. The zero-order valence-electron chi connectivity index (χ0n) is 10.2. The Bertz CT molecular complexity index is 649. The van der Waals surface area contributed by atoms with E-state index in [1.807, 2.05) is 12.1 Å². The molecule has 0 aliphatic heterocycles. The topological polar surface area (TPSA) is 43.1 Å². The summed E-state index contributed by atoms with van der Waals surface area (Å²) < 4.78 is 0.789. The van der Waals surface area contributed by atoms with E-state index < -0.39 is 4.92 Å². The average molecular weight is 375 g/mol. The molecular weight excluding hydrogens is 365 g/mol. The normalized spacial score (nSPS) is 12.2. The number of nitro groups is 1. The quantitative estimate of drug-likeness (QED) is 0.401. The Morgan fingerprint density at radius 3 is 2.60 bits per heavy atom. The molecule has 0 amide bonds. The highest BCUT2D eigenvalue weighted by atomic mass is 79.9. The maximum Gasteiger partial charge on any atom is 0.272 e. The molecule has 2 aromatic carbocycles. The van der Waals surface area contributed by atoms with Gasteiger partial charge in [0.05, 0.1) is 15.3 Å². The molecule has 0 heterocycles. The van der Waals surface area contributed by atoms with E-state index in [1.165, 1.54) is 6.07 Å². The molecule has 1 atom stereocenters. The smallest absolute Gasteiger partial charge is 0.258 e. The molecule has 0 N–H and O–H groups in total. The SMILES string of the molecule is O=[N+]([O-])c1ccccc1CC(Cl)c1ccc(Br)c(Cl)c1. The van der Waals surface area contributed by atoms with Crippen LogP contribution < -0.4 is 0 Å². The second-order valence-electron chi connectivity index (χ2n) is 4.23. The molecule has 0 spiro atoms. The van der Waals surface area contributed by atoms with Crippen LogP contribution in [-0.4, -0.2) is 4.92 Å². The number of benzene rings is 2. The van der Waals surface area contributed by atoms with Gasteiger partial charge in [-0.25, -0.2) is 0 Å². The van der Waals surface area contributed by atoms with Crippen molar-refractivity contribution in [1.29, 1.82) is 0 Å². The van der Waals surface area contributed by atoms with Gasteiger partial charge in [-0.15, -0.1) is 11.6 Å². The Morgan fingerprint density at radius 2 is 1.95 bits per heavy atom. The molecule has 1 unspecified atom stereocenters. The number of alkyl halides is 1. The van der Waals surface area contributed by atoms with Crippen molar-refractivity contribution < 1.29 is 4.92 Å². The van der Waals surface area contributed by atoms with Crippen LogP contribution >= 0.6 is 39.1 Å². The predicted octanol–water partition coefficient (Wildman–Crippen LogP) is 5.53. The van der Waals surface area contributed by atoms with Crippen LogP contribution in [0.3, 0.4) is 0 Å². The molecule has 0 fully saturated rings. The summed E-state index contributed by atoms with van der Waals surface area (Å²) in [6.45, 7) is 0. The third-order valence-corrected chi connectivity index (χ3v) is 4.53. The molecule has 0 saturated heterocycles. The summed E-state index contributed by atoms with van der Waals surface area (Å²) in [4.78, 5) is 10.6. The molecule has 6 heteroatoms. The molecule has 20 heavy (non-hydrogen) atoms. The molecule has 0 aliphatic rings. The van der Waals surface area contributed by atoms with Gasteiger partial charge in [0.15, 0.2) is 0 Å². The fourth-order valence-electron chi connectivity index (χ4n) is 1.88. The predicted molar refractivity (Wildman–Crippen MR) is 84.5 cm³/mol. The largest absolute Gasteiger partial charge is 0.272 e. The van der Waals surface area contributed by atoms with Gasteiger partial charge in [0, 0.05) is 16.1 Å². The van der Waals surface area contributed by atoms with E-state index in [4.69, 9.17) is 23.2 Å². The van der Waals surface area contributed by atoms with Crippen molar-refractivity contribution in [3.63, 3.8) is 0 Å². The van der Waals surface area contributed by atoms with E-state index in [0.29, 0.717) is 17.0 Å². The van der Waals surface area contributed by atoms with Crippen molar-refractivity contribution in [3.8, 4) is 0 Å². The lowest BCUT2D eigenvalue weighted by Crippen LogP contribution is -2.00. The van der Waals surface area contributed by atoms with Gasteiger partial charge in [-0.1, -0.05) is 35.9 Å². The van der Waals surface area contributed by atoms with Crippen LogP contribution in [0.25, 0.3) is 0 Å². The van der Waals surface area contributed by atoms with Crippen molar-refractivity contribution in [3.05, 3.63) is 73.2 Å². The Hall–Kier alpha value is -1.10. The number of halogens is 3. The second kappa shape index (κ2) is 6.57. The highest BCUT2D eigenvalue weighted by molar-refractivity contribution is 9.10. The fraction of sp³-hybridized carbons (Fsp3) is 0.143. The standard InChI is InChI=1S/C14H10BrCl2NO2/c15-11-6-5-9(7-13(11)17)12(16)8-10-3-1-2-4-14(10)18(19)20/h1-7,12H,8H2. The Morgan fingerprint density at radius 1 is 1.25 bits per heavy atom. The lowest BCUT2D eigenvalue weighted by Gasteiger charge is -2.11. The summed E-state index contributed by atoms with van der Waals surface area (Å²) in [6, 6.07) is 12.0. The van der Waals surface area contributed by atoms with E-state index in [2.05, 4.69) is 15.9 Å². The van der Waals surface area contributed by atoms with Gasteiger partial charge in [-0.3, -0.25) is 10.1 Å². The maximum absolute atomic E-state index is 11.0. The summed E-state index contributed by atoms with van der Waals surface area (Å²) in [5.41, 5.74) is 1.52. The highest BCUT2D eigenvalue weighted by Gasteiger charge is 2.17. The van der Waals surface area contributed by atoms with Crippen LogP contribution in [0.5, 0.6) is 0 Å². The Balaban J connectivity index is 2.25. The molecule has 0 aliphatic carbocycles. The molecule has 0 bridgehead atoms. The number of nitrogens with zero attached hydrogens (tertiary/aromatic N) is 1. The van der Waals surface area contributed by atoms with E-state index >= 15 is 0 Å². The molecule has 104 valence electrons. The highest BCUT2D eigenvalue weighted by Crippen LogP contribution is 2.32. The van der Waals surface area contributed by atoms with Crippen LogP contribution in [0.15, 0.2) is 46.9 Å². The summed E-state index contributed by atoms with van der Waals surface area (Å²) in [5.74, 6) is 0. The molecule has 3 nitrogen and oxygen atoms in total. The minimum atomic E-state index is -0.395. The number of nitro benzene ring substituents is 1. The minimum absolute atomic E-state index is 0.0846. The van der Waals surface area contributed by atoms with Gasteiger partial charge < -0.3 is 0 Å². The Labute approximate surface area is 134 Å². The maximum atomic E-state index is 11.0. The van der Waals surface area contributed by atoms with Crippen molar-refractivity contribution in [1.82, 2.24) is 0 Å². The first-order valence-corrected chi connectivity index (χ1v) is 7.41. The van der Waals surface area contributed by atoms with Gasteiger partial charge in [-0.2, -0.15) is 0 Å². The summed E-state index contributed by atoms with van der Waals surface area (Å²) >= 11 is 15.7. The lowest BCUT2D eigenvalue weighted by atomic mass is 10.0. The van der Waals surface area contributed by atoms with Crippen molar-refractivity contribution in [2.75, 3.05) is 0 Å². The average Bonchev–Trinajstić information content (AvgIpc) is 2.42. The third kappa shape index (κ3) is 3.51. The van der Waals surface area contributed by atoms with Crippen LogP contribution in [0, 0.1) is 10.1 Å². The number of rotatable bonds is 4. The van der Waals surface area contributed by atoms with Crippen LogP contribution in [0.1, 0.15) is 16.5 Å². The first-order valence-electron chi connectivity index (χ1n) is 5.80. The first kappa shape index (κ1) is 15.3. The number of hydrogen-bond acceptors (Lipinski definition) is 2. The van der Waals surface area contributed by atoms with Crippen molar-refractivity contribution in [2.24, 2.45) is 0 Å².